The highest BCUT2D eigenvalue weighted by Crippen LogP contribution is 2.22. The second-order valence-corrected chi connectivity index (χ2v) is 7.50. The van der Waals surface area contributed by atoms with Crippen LogP contribution in [0.4, 0.5) is 11.6 Å². The van der Waals surface area contributed by atoms with Crippen LogP contribution in [0, 0.1) is 0 Å². The van der Waals surface area contributed by atoms with Crippen molar-refractivity contribution in [3.8, 4) is 0 Å². The van der Waals surface area contributed by atoms with Gasteiger partial charge in [-0.05, 0) is 43.5 Å². The Morgan fingerprint density at radius 2 is 1.44 bits per heavy atom. The Bertz CT molecular complexity index is 791. The normalized spacial score (nSPS) is 17.9. The van der Waals surface area contributed by atoms with Gasteiger partial charge in [-0.3, -0.25) is 4.79 Å². The van der Waals surface area contributed by atoms with Gasteiger partial charge < -0.3 is 14.7 Å². The molecule has 142 valence electrons. The van der Waals surface area contributed by atoms with Crippen molar-refractivity contribution in [2.24, 2.45) is 0 Å². The second-order valence-electron chi connectivity index (χ2n) is 7.07. The van der Waals surface area contributed by atoms with Gasteiger partial charge in [-0.2, -0.15) is 0 Å². The Hall–Kier alpha value is -2.34. The molecule has 2 fully saturated rings. The molecule has 27 heavy (non-hydrogen) atoms. The molecule has 0 unspecified atom stereocenters. The summed E-state index contributed by atoms with van der Waals surface area (Å²) in [6.45, 7) is 5.24. The van der Waals surface area contributed by atoms with E-state index in [0.29, 0.717) is 17.1 Å². The molecule has 1 amide bonds. The van der Waals surface area contributed by atoms with Crippen LogP contribution in [0.2, 0.25) is 5.02 Å². The smallest absolute Gasteiger partial charge is 0.253 e. The van der Waals surface area contributed by atoms with E-state index in [0.717, 1.165) is 50.8 Å². The molecule has 2 aliphatic rings. The molecule has 0 N–H and O–H groups in total. The van der Waals surface area contributed by atoms with Crippen molar-refractivity contribution in [1.29, 1.82) is 0 Å². The predicted molar refractivity (Wildman–Crippen MR) is 108 cm³/mol. The molecule has 6 nitrogen and oxygen atoms in total. The van der Waals surface area contributed by atoms with Gasteiger partial charge in [-0.1, -0.05) is 11.6 Å². The maximum atomic E-state index is 12.8. The summed E-state index contributed by atoms with van der Waals surface area (Å²) in [6.07, 6.45) is 5.03. The van der Waals surface area contributed by atoms with E-state index in [2.05, 4.69) is 25.8 Å². The SMILES string of the molecule is O=C(c1ccc(Cl)cc1)N1CCCN(c2cc(N3CCCC3)ncn2)CC1. The van der Waals surface area contributed by atoms with Gasteiger partial charge in [0, 0.05) is 55.9 Å². The van der Waals surface area contributed by atoms with Gasteiger partial charge in [0.05, 0.1) is 0 Å². The van der Waals surface area contributed by atoms with Crippen molar-refractivity contribution in [2.45, 2.75) is 19.3 Å². The summed E-state index contributed by atoms with van der Waals surface area (Å²) >= 11 is 5.93. The second kappa shape index (κ2) is 8.13. The number of halogens is 1. The number of carbonyl (C=O) groups excluding carboxylic acids is 1. The van der Waals surface area contributed by atoms with Crippen LogP contribution in [0.25, 0.3) is 0 Å². The number of anilines is 2. The number of amides is 1. The van der Waals surface area contributed by atoms with E-state index < -0.39 is 0 Å². The summed E-state index contributed by atoms with van der Waals surface area (Å²) in [6, 6.07) is 9.20. The maximum Gasteiger partial charge on any atom is 0.253 e. The van der Waals surface area contributed by atoms with Crippen LogP contribution in [0.15, 0.2) is 36.7 Å². The third kappa shape index (κ3) is 4.16. The number of hydrogen-bond donors (Lipinski definition) is 0. The Morgan fingerprint density at radius 1 is 0.815 bits per heavy atom. The first-order chi connectivity index (χ1) is 13.2. The largest absolute Gasteiger partial charge is 0.356 e. The summed E-state index contributed by atoms with van der Waals surface area (Å²) in [5.74, 6) is 2.03. The molecule has 0 spiro atoms. The Labute approximate surface area is 164 Å². The lowest BCUT2D eigenvalue weighted by atomic mass is 10.2. The lowest BCUT2D eigenvalue weighted by Gasteiger charge is -2.24. The number of nitrogens with zero attached hydrogens (tertiary/aromatic N) is 5. The minimum atomic E-state index is 0.0639. The molecular formula is C20H24ClN5O. The van der Waals surface area contributed by atoms with Crippen LogP contribution in [0.3, 0.4) is 0 Å². The first kappa shape index (κ1) is 18.0. The van der Waals surface area contributed by atoms with E-state index in [1.165, 1.54) is 12.8 Å². The number of aromatic nitrogens is 2. The average Bonchev–Trinajstić information content (AvgIpc) is 3.13. The Morgan fingerprint density at radius 3 is 2.15 bits per heavy atom. The van der Waals surface area contributed by atoms with Crippen LogP contribution in [0.5, 0.6) is 0 Å². The minimum absolute atomic E-state index is 0.0639. The highest BCUT2D eigenvalue weighted by atomic mass is 35.5. The Balaban J connectivity index is 1.43. The molecule has 2 saturated heterocycles. The van der Waals surface area contributed by atoms with Gasteiger partial charge in [0.2, 0.25) is 0 Å². The fourth-order valence-corrected chi connectivity index (χ4v) is 3.88. The predicted octanol–water partition coefficient (Wildman–Crippen LogP) is 3.08. The van der Waals surface area contributed by atoms with E-state index >= 15 is 0 Å². The minimum Gasteiger partial charge on any atom is -0.356 e. The van der Waals surface area contributed by atoms with Gasteiger partial charge in [0.25, 0.3) is 5.91 Å². The third-order valence-electron chi connectivity index (χ3n) is 5.27. The average molecular weight is 386 g/mol. The highest BCUT2D eigenvalue weighted by Gasteiger charge is 2.22. The molecule has 0 atom stereocenters. The fourth-order valence-electron chi connectivity index (χ4n) is 3.75. The molecular weight excluding hydrogens is 362 g/mol. The topological polar surface area (TPSA) is 52.6 Å². The number of benzene rings is 1. The van der Waals surface area contributed by atoms with Gasteiger partial charge in [0.15, 0.2) is 0 Å². The molecule has 3 heterocycles. The molecule has 2 aromatic rings. The van der Waals surface area contributed by atoms with Crippen molar-refractivity contribution in [3.63, 3.8) is 0 Å². The summed E-state index contributed by atoms with van der Waals surface area (Å²) in [5.41, 5.74) is 0.686. The zero-order chi connectivity index (χ0) is 18.6. The lowest BCUT2D eigenvalue weighted by Crippen LogP contribution is -2.35. The molecule has 0 radical (unpaired) electrons. The van der Waals surface area contributed by atoms with E-state index in [1.807, 2.05) is 4.90 Å². The molecule has 2 aliphatic heterocycles. The van der Waals surface area contributed by atoms with Crippen molar-refractivity contribution < 1.29 is 4.79 Å². The van der Waals surface area contributed by atoms with Crippen molar-refractivity contribution >= 4 is 29.1 Å². The molecule has 1 aromatic heterocycles. The zero-order valence-electron chi connectivity index (χ0n) is 15.4. The van der Waals surface area contributed by atoms with E-state index in [4.69, 9.17) is 11.6 Å². The third-order valence-corrected chi connectivity index (χ3v) is 5.52. The number of rotatable bonds is 3. The monoisotopic (exact) mass is 385 g/mol. The van der Waals surface area contributed by atoms with Crippen LogP contribution in [-0.2, 0) is 0 Å². The Kier molecular flexibility index (Phi) is 5.43. The molecule has 7 heteroatoms. The van der Waals surface area contributed by atoms with Gasteiger partial charge in [0.1, 0.15) is 18.0 Å². The fraction of sp³-hybridized carbons (Fsp3) is 0.450. The molecule has 1 aromatic carbocycles. The van der Waals surface area contributed by atoms with Gasteiger partial charge >= 0.3 is 0 Å². The quantitative estimate of drug-likeness (QED) is 0.812. The first-order valence-electron chi connectivity index (χ1n) is 9.57. The van der Waals surface area contributed by atoms with Crippen LogP contribution < -0.4 is 9.80 Å². The van der Waals surface area contributed by atoms with E-state index in [1.54, 1.807) is 30.6 Å². The summed E-state index contributed by atoms with van der Waals surface area (Å²) in [7, 11) is 0. The molecule has 4 rings (SSSR count). The van der Waals surface area contributed by atoms with Crippen molar-refractivity contribution in [3.05, 3.63) is 47.2 Å². The number of carbonyl (C=O) groups is 1. The summed E-state index contributed by atoms with van der Waals surface area (Å²) in [5, 5.41) is 0.645. The first-order valence-corrected chi connectivity index (χ1v) is 9.95. The zero-order valence-corrected chi connectivity index (χ0v) is 16.1. The molecule has 0 saturated carbocycles. The van der Waals surface area contributed by atoms with Crippen LogP contribution >= 0.6 is 11.6 Å². The van der Waals surface area contributed by atoms with Crippen molar-refractivity contribution in [1.82, 2.24) is 14.9 Å². The maximum absolute atomic E-state index is 12.8. The number of hydrogen-bond acceptors (Lipinski definition) is 5. The highest BCUT2D eigenvalue weighted by molar-refractivity contribution is 6.30. The van der Waals surface area contributed by atoms with Gasteiger partial charge in [-0.25, -0.2) is 9.97 Å². The van der Waals surface area contributed by atoms with Crippen LogP contribution in [0.1, 0.15) is 29.6 Å². The standard InChI is InChI=1S/C20H24ClN5O/c21-17-6-4-16(5-7-17)20(27)26-11-3-10-25(12-13-26)19-14-18(22-15-23-19)24-8-1-2-9-24/h4-7,14-15H,1-3,8-13H2. The van der Waals surface area contributed by atoms with E-state index in [-0.39, 0.29) is 5.91 Å². The molecule has 0 aliphatic carbocycles. The summed E-state index contributed by atoms with van der Waals surface area (Å²) in [4.78, 5) is 28.2. The van der Waals surface area contributed by atoms with E-state index in [9.17, 15) is 4.79 Å². The molecule has 0 bridgehead atoms. The van der Waals surface area contributed by atoms with Crippen molar-refractivity contribution in [2.75, 3.05) is 49.1 Å². The van der Waals surface area contributed by atoms with Crippen LogP contribution in [-0.4, -0.2) is 60.0 Å². The summed E-state index contributed by atoms with van der Waals surface area (Å²) < 4.78 is 0. The lowest BCUT2D eigenvalue weighted by molar-refractivity contribution is 0.0767. The van der Waals surface area contributed by atoms with Gasteiger partial charge in [-0.15, -0.1) is 0 Å².